The van der Waals surface area contributed by atoms with Crippen LogP contribution in [0.2, 0.25) is 0 Å². The number of rotatable bonds is 4. The van der Waals surface area contributed by atoms with Crippen LogP contribution in [0.5, 0.6) is 0 Å². The number of hydrogen-bond acceptors (Lipinski definition) is 4. The molecule has 1 atom stereocenters. The summed E-state index contributed by atoms with van der Waals surface area (Å²) >= 11 is 3.89. The molecule has 2 aliphatic rings. The Morgan fingerprint density at radius 3 is 2.94 bits per heavy atom. The highest BCUT2D eigenvalue weighted by molar-refractivity contribution is 8.00. The normalized spacial score (nSPS) is 26.3. The summed E-state index contributed by atoms with van der Waals surface area (Å²) in [6, 6.07) is 0. The molecule has 104 valence electrons. The van der Waals surface area contributed by atoms with Gasteiger partial charge in [-0.15, -0.1) is 11.8 Å². The molecular weight excluding hydrogens is 264 g/mol. The Kier molecular flexibility index (Phi) is 6.18. The van der Waals surface area contributed by atoms with Crippen LogP contribution < -0.4 is 5.32 Å². The molecule has 0 aromatic rings. The SMILES string of the molecule is CCC1CN(C(=O)CSC2CCNCC2)CCS1. The standard InChI is InChI=1S/C13H24N2OS2/c1-2-11-9-15(7-8-17-11)13(16)10-18-12-3-5-14-6-4-12/h11-12,14H,2-10H2,1H3. The summed E-state index contributed by atoms with van der Waals surface area (Å²) in [7, 11) is 0. The fraction of sp³-hybridized carbons (Fsp3) is 0.923. The Balaban J connectivity index is 1.70. The van der Waals surface area contributed by atoms with E-state index in [1.165, 1.54) is 19.3 Å². The van der Waals surface area contributed by atoms with E-state index in [1.54, 1.807) is 0 Å². The summed E-state index contributed by atoms with van der Waals surface area (Å²) < 4.78 is 0. The summed E-state index contributed by atoms with van der Waals surface area (Å²) in [6.45, 7) is 6.36. The van der Waals surface area contributed by atoms with E-state index in [9.17, 15) is 4.79 Å². The van der Waals surface area contributed by atoms with Crippen molar-refractivity contribution in [3.05, 3.63) is 0 Å². The molecule has 0 aromatic carbocycles. The van der Waals surface area contributed by atoms with Crippen molar-refractivity contribution in [3.63, 3.8) is 0 Å². The summed E-state index contributed by atoms with van der Waals surface area (Å²) in [5.74, 6) is 2.16. The molecule has 0 aromatic heterocycles. The van der Waals surface area contributed by atoms with Gasteiger partial charge in [-0.05, 0) is 32.4 Å². The largest absolute Gasteiger partial charge is 0.340 e. The number of hydrogen-bond donors (Lipinski definition) is 1. The van der Waals surface area contributed by atoms with E-state index >= 15 is 0 Å². The first-order chi connectivity index (χ1) is 8.79. The van der Waals surface area contributed by atoms with Gasteiger partial charge in [0.1, 0.15) is 0 Å². The second-order valence-electron chi connectivity index (χ2n) is 5.00. The Morgan fingerprint density at radius 1 is 1.44 bits per heavy atom. The van der Waals surface area contributed by atoms with Crippen molar-refractivity contribution in [1.29, 1.82) is 0 Å². The smallest absolute Gasteiger partial charge is 0.232 e. The number of nitrogens with zero attached hydrogens (tertiary/aromatic N) is 1. The average molecular weight is 288 g/mol. The molecule has 1 unspecified atom stereocenters. The fourth-order valence-corrected chi connectivity index (χ4v) is 4.75. The fourth-order valence-electron chi connectivity index (χ4n) is 2.44. The van der Waals surface area contributed by atoms with Crippen molar-refractivity contribution < 1.29 is 4.79 Å². The minimum atomic E-state index is 0.359. The molecule has 2 rings (SSSR count). The first-order valence-electron chi connectivity index (χ1n) is 7.01. The van der Waals surface area contributed by atoms with E-state index in [2.05, 4.69) is 17.1 Å². The van der Waals surface area contributed by atoms with E-state index in [0.29, 0.717) is 22.2 Å². The monoisotopic (exact) mass is 288 g/mol. The zero-order chi connectivity index (χ0) is 12.8. The van der Waals surface area contributed by atoms with Crippen LogP contribution in [0.25, 0.3) is 0 Å². The third kappa shape index (κ3) is 4.35. The highest BCUT2D eigenvalue weighted by atomic mass is 32.2. The topological polar surface area (TPSA) is 32.3 Å². The number of amides is 1. The quantitative estimate of drug-likeness (QED) is 0.855. The Labute approximate surface area is 119 Å². The average Bonchev–Trinajstić information content (AvgIpc) is 2.46. The molecule has 1 N–H and O–H groups in total. The molecule has 0 saturated carbocycles. The van der Waals surface area contributed by atoms with Gasteiger partial charge in [-0.25, -0.2) is 0 Å². The lowest BCUT2D eigenvalue weighted by molar-refractivity contribution is -0.128. The summed E-state index contributed by atoms with van der Waals surface area (Å²) in [5, 5.41) is 4.72. The van der Waals surface area contributed by atoms with Gasteiger partial charge in [-0.3, -0.25) is 4.79 Å². The molecule has 1 amide bonds. The highest BCUT2D eigenvalue weighted by Gasteiger charge is 2.23. The second kappa shape index (κ2) is 7.65. The van der Waals surface area contributed by atoms with E-state index in [1.807, 2.05) is 23.5 Å². The van der Waals surface area contributed by atoms with Crippen LogP contribution >= 0.6 is 23.5 Å². The molecule has 2 aliphatic heterocycles. The van der Waals surface area contributed by atoms with Gasteiger partial charge in [0.2, 0.25) is 5.91 Å². The zero-order valence-electron chi connectivity index (χ0n) is 11.2. The molecule has 0 radical (unpaired) electrons. The molecule has 3 nitrogen and oxygen atoms in total. The van der Waals surface area contributed by atoms with Crippen LogP contribution in [-0.4, -0.2) is 59.0 Å². The third-order valence-electron chi connectivity index (χ3n) is 3.68. The van der Waals surface area contributed by atoms with Gasteiger partial charge in [-0.2, -0.15) is 11.8 Å². The molecule has 0 bridgehead atoms. The van der Waals surface area contributed by atoms with Crippen LogP contribution in [0, 0.1) is 0 Å². The Bertz CT molecular complexity index is 270. The predicted octanol–water partition coefficient (Wildman–Crippen LogP) is 1.83. The van der Waals surface area contributed by atoms with Crippen LogP contribution in [0.1, 0.15) is 26.2 Å². The van der Waals surface area contributed by atoms with Gasteiger partial charge >= 0.3 is 0 Å². The molecule has 5 heteroatoms. The number of nitrogens with one attached hydrogen (secondary N) is 1. The van der Waals surface area contributed by atoms with Gasteiger partial charge in [0, 0.05) is 29.3 Å². The van der Waals surface area contributed by atoms with E-state index in [-0.39, 0.29) is 0 Å². The molecule has 0 aliphatic carbocycles. The van der Waals surface area contributed by atoms with Crippen LogP contribution in [0.4, 0.5) is 0 Å². The summed E-state index contributed by atoms with van der Waals surface area (Å²) in [4.78, 5) is 14.3. The lowest BCUT2D eigenvalue weighted by Gasteiger charge is -2.32. The summed E-state index contributed by atoms with van der Waals surface area (Å²) in [5.41, 5.74) is 0. The van der Waals surface area contributed by atoms with Crippen molar-refractivity contribution >= 4 is 29.4 Å². The van der Waals surface area contributed by atoms with Crippen LogP contribution in [-0.2, 0) is 4.79 Å². The molecule has 18 heavy (non-hydrogen) atoms. The van der Waals surface area contributed by atoms with Crippen molar-refractivity contribution in [2.24, 2.45) is 0 Å². The zero-order valence-corrected chi connectivity index (χ0v) is 12.8. The van der Waals surface area contributed by atoms with Crippen molar-refractivity contribution in [3.8, 4) is 0 Å². The van der Waals surface area contributed by atoms with Gasteiger partial charge in [0.05, 0.1) is 5.75 Å². The minimum Gasteiger partial charge on any atom is -0.340 e. The van der Waals surface area contributed by atoms with Crippen molar-refractivity contribution in [2.75, 3.05) is 37.7 Å². The Morgan fingerprint density at radius 2 is 2.22 bits per heavy atom. The first kappa shape index (κ1) is 14.5. The first-order valence-corrected chi connectivity index (χ1v) is 9.11. The van der Waals surface area contributed by atoms with E-state index in [4.69, 9.17) is 0 Å². The van der Waals surface area contributed by atoms with Crippen LogP contribution in [0.3, 0.4) is 0 Å². The van der Waals surface area contributed by atoms with Gasteiger partial charge in [-0.1, -0.05) is 6.92 Å². The lowest BCUT2D eigenvalue weighted by Crippen LogP contribution is -2.43. The highest BCUT2D eigenvalue weighted by Crippen LogP contribution is 2.24. The predicted molar refractivity (Wildman–Crippen MR) is 81.5 cm³/mol. The Hall–Kier alpha value is 0.130. The minimum absolute atomic E-state index is 0.359. The van der Waals surface area contributed by atoms with Crippen molar-refractivity contribution in [1.82, 2.24) is 10.2 Å². The maximum Gasteiger partial charge on any atom is 0.232 e. The number of piperidine rings is 1. The van der Waals surface area contributed by atoms with Gasteiger partial charge < -0.3 is 10.2 Å². The third-order valence-corrected chi connectivity index (χ3v) is 6.40. The molecule has 2 heterocycles. The maximum atomic E-state index is 12.2. The van der Waals surface area contributed by atoms with Gasteiger partial charge in [0.25, 0.3) is 0 Å². The summed E-state index contributed by atoms with van der Waals surface area (Å²) in [6.07, 6.45) is 3.60. The van der Waals surface area contributed by atoms with Gasteiger partial charge in [0.15, 0.2) is 0 Å². The second-order valence-corrected chi connectivity index (χ2v) is 7.70. The number of carbonyl (C=O) groups is 1. The molecule has 0 spiro atoms. The number of carbonyl (C=O) groups excluding carboxylic acids is 1. The molecule has 2 fully saturated rings. The maximum absolute atomic E-state index is 12.2. The lowest BCUT2D eigenvalue weighted by atomic mass is 10.2. The molecule has 2 saturated heterocycles. The van der Waals surface area contributed by atoms with E-state index in [0.717, 1.165) is 31.9 Å². The van der Waals surface area contributed by atoms with Crippen molar-refractivity contribution in [2.45, 2.75) is 36.7 Å². The number of thioether (sulfide) groups is 2. The molecular formula is C13H24N2OS2. The van der Waals surface area contributed by atoms with E-state index < -0.39 is 0 Å². The van der Waals surface area contributed by atoms with Crippen LogP contribution in [0.15, 0.2) is 0 Å².